The molecule has 0 aliphatic heterocycles. The molecular formula is C13H16N2O5. The molecule has 0 spiro atoms. The highest BCUT2D eigenvalue weighted by Crippen LogP contribution is 2.13. The lowest BCUT2D eigenvalue weighted by atomic mass is 10.0. The van der Waals surface area contributed by atoms with Gasteiger partial charge in [-0.15, -0.1) is 0 Å². The molecule has 20 heavy (non-hydrogen) atoms. The molecule has 1 aromatic carbocycles. The van der Waals surface area contributed by atoms with E-state index in [4.69, 9.17) is 5.11 Å². The molecule has 1 amide bonds. The molecule has 0 saturated heterocycles. The van der Waals surface area contributed by atoms with Crippen LogP contribution in [0.5, 0.6) is 0 Å². The topological polar surface area (TPSA) is 110 Å². The van der Waals surface area contributed by atoms with E-state index in [0.717, 1.165) is 6.07 Å². The minimum atomic E-state index is -1.13. The first-order chi connectivity index (χ1) is 9.31. The van der Waals surface area contributed by atoms with Crippen LogP contribution in [-0.2, 0) is 4.79 Å². The van der Waals surface area contributed by atoms with Gasteiger partial charge in [0.1, 0.15) is 6.04 Å². The van der Waals surface area contributed by atoms with Crippen LogP contribution in [0.2, 0.25) is 0 Å². The molecule has 0 heterocycles. The average molecular weight is 280 g/mol. The number of rotatable bonds is 6. The lowest BCUT2D eigenvalue weighted by Gasteiger charge is -2.16. The second-order valence-corrected chi connectivity index (χ2v) is 4.80. The standard InChI is InChI=1S/C13H16N2O5/c1-8(2)6-11(13(17)18)14-12(16)9-4-3-5-10(7-9)15(19)20/h3-5,7-8,11H,6H2,1-2H3,(H,14,16)(H,17,18)/t11-/m0/s1. The summed E-state index contributed by atoms with van der Waals surface area (Å²) >= 11 is 0. The van der Waals surface area contributed by atoms with Gasteiger partial charge in [-0.1, -0.05) is 19.9 Å². The number of carboxylic acid groups (broad SMARTS) is 1. The second-order valence-electron chi connectivity index (χ2n) is 4.80. The molecule has 0 aliphatic rings. The van der Waals surface area contributed by atoms with Crippen LogP contribution < -0.4 is 5.32 Å². The van der Waals surface area contributed by atoms with E-state index in [2.05, 4.69) is 5.32 Å². The number of nitro benzene ring substituents is 1. The highest BCUT2D eigenvalue weighted by Gasteiger charge is 2.22. The Kier molecular flexibility index (Phi) is 5.19. The predicted octanol–water partition coefficient (Wildman–Crippen LogP) is 1.82. The Hall–Kier alpha value is -2.44. The van der Waals surface area contributed by atoms with E-state index in [1.165, 1.54) is 18.2 Å². The molecule has 0 bridgehead atoms. The minimum absolute atomic E-state index is 0.0641. The Morgan fingerprint density at radius 2 is 2.05 bits per heavy atom. The third kappa shape index (κ3) is 4.34. The molecule has 1 rings (SSSR count). The number of nitrogens with zero attached hydrogens (tertiary/aromatic N) is 1. The van der Waals surface area contributed by atoms with Crippen LogP contribution in [0.25, 0.3) is 0 Å². The van der Waals surface area contributed by atoms with Gasteiger partial charge in [0.2, 0.25) is 0 Å². The van der Waals surface area contributed by atoms with Gasteiger partial charge < -0.3 is 10.4 Å². The number of carboxylic acids is 1. The molecular weight excluding hydrogens is 264 g/mol. The van der Waals surface area contributed by atoms with Crippen LogP contribution in [0.1, 0.15) is 30.6 Å². The number of nitro groups is 1. The number of carbonyl (C=O) groups excluding carboxylic acids is 1. The van der Waals surface area contributed by atoms with E-state index in [1.54, 1.807) is 0 Å². The van der Waals surface area contributed by atoms with E-state index >= 15 is 0 Å². The van der Waals surface area contributed by atoms with Gasteiger partial charge in [-0.05, 0) is 18.4 Å². The van der Waals surface area contributed by atoms with Crippen molar-refractivity contribution in [1.29, 1.82) is 0 Å². The van der Waals surface area contributed by atoms with Gasteiger partial charge in [-0.2, -0.15) is 0 Å². The van der Waals surface area contributed by atoms with Crippen LogP contribution in [0, 0.1) is 16.0 Å². The summed E-state index contributed by atoms with van der Waals surface area (Å²) in [5, 5.41) is 22.0. The molecule has 7 heteroatoms. The number of amides is 1. The Balaban J connectivity index is 2.86. The van der Waals surface area contributed by atoms with Crippen molar-refractivity contribution in [1.82, 2.24) is 5.32 Å². The van der Waals surface area contributed by atoms with Crippen molar-refractivity contribution < 1.29 is 19.6 Å². The minimum Gasteiger partial charge on any atom is -0.480 e. The number of nitrogens with one attached hydrogen (secondary N) is 1. The summed E-state index contributed by atoms with van der Waals surface area (Å²) in [5.74, 6) is -1.67. The SMILES string of the molecule is CC(C)C[C@H](NC(=O)c1cccc([N+](=O)[O-])c1)C(=O)O. The molecule has 0 radical (unpaired) electrons. The van der Waals surface area contributed by atoms with E-state index in [-0.39, 0.29) is 23.6 Å². The first-order valence-corrected chi connectivity index (χ1v) is 6.09. The van der Waals surface area contributed by atoms with Crippen molar-refractivity contribution in [3.05, 3.63) is 39.9 Å². The van der Waals surface area contributed by atoms with Crippen molar-refractivity contribution in [3.8, 4) is 0 Å². The van der Waals surface area contributed by atoms with Gasteiger partial charge in [-0.3, -0.25) is 14.9 Å². The second kappa shape index (κ2) is 6.65. The molecule has 0 aromatic heterocycles. The lowest BCUT2D eigenvalue weighted by molar-refractivity contribution is -0.384. The van der Waals surface area contributed by atoms with Crippen LogP contribution in [-0.4, -0.2) is 27.9 Å². The summed E-state index contributed by atoms with van der Waals surface area (Å²) in [4.78, 5) is 33.0. The molecule has 1 atom stereocenters. The summed E-state index contributed by atoms with van der Waals surface area (Å²) in [6, 6.07) is 4.15. The van der Waals surface area contributed by atoms with Gasteiger partial charge in [0.15, 0.2) is 0 Å². The first-order valence-electron chi connectivity index (χ1n) is 6.09. The Bertz CT molecular complexity index is 527. The monoisotopic (exact) mass is 280 g/mol. The van der Waals surface area contributed by atoms with Gasteiger partial charge in [0.25, 0.3) is 11.6 Å². The maximum Gasteiger partial charge on any atom is 0.326 e. The fourth-order valence-corrected chi connectivity index (χ4v) is 1.70. The summed E-state index contributed by atoms with van der Waals surface area (Å²) in [6.07, 6.45) is 0.288. The van der Waals surface area contributed by atoms with Crippen molar-refractivity contribution in [2.45, 2.75) is 26.3 Å². The van der Waals surface area contributed by atoms with Crippen molar-refractivity contribution in [2.24, 2.45) is 5.92 Å². The third-order valence-electron chi connectivity index (χ3n) is 2.63. The number of hydrogen-bond donors (Lipinski definition) is 2. The highest BCUT2D eigenvalue weighted by molar-refractivity contribution is 5.97. The van der Waals surface area contributed by atoms with E-state index in [1.807, 2.05) is 13.8 Å². The Morgan fingerprint density at radius 3 is 2.55 bits per heavy atom. The Labute approximate surface area is 115 Å². The molecule has 7 nitrogen and oxygen atoms in total. The number of hydrogen-bond acceptors (Lipinski definition) is 4. The van der Waals surface area contributed by atoms with Crippen molar-refractivity contribution in [3.63, 3.8) is 0 Å². The molecule has 0 saturated carbocycles. The van der Waals surface area contributed by atoms with Crippen LogP contribution in [0.4, 0.5) is 5.69 Å². The van der Waals surface area contributed by atoms with Gasteiger partial charge in [0.05, 0.1) is 4.92 Å². The lowest BCUT2D eigenvalue weighted by Crippen LogP contribution is -2.41. The highest BCUT2D eigenvalue weighted by atomic mass is 16.6. The van der Waals surface area contributed by atoms with Gasteiger partial charge >= 0.3 is 5.97 Å². The number of benzene rings is 1. The van der Waals surface area contributed by atoms with Crippen molar-refractivity contribution in [2.75, 3.05) is 0 Å². The van der Waals surface area contributed by atoms with Crippen LogP contribution >= 0.6 is 0 Å². The van der Waals surface area contributed by atoms with E-state index in [0.29, 0.717) is 0 Å². The summed E-state index contributed by atoms with van der Waals surface area (Å²) in [5.41, 5.74) is -0.150. The number of non-ortho nitro benzene ring substituents is 1. The number of aliphatic carboxylic acids is 1. The maximum absolute atomic E-state index is 11.9. The molecule has 108 valence electrons. The summed E-state index contributed by atoms with van der Waals surface area (Å²) < 4.78 is 0. The molecule has 1 aromatic rings. The van der Waals surface area contributed by atoms with Crippen LogP contribution in [0.15, 0.2) is 24.3 Å². The molecule has 0 fully saturated rings. The normalized spacial score (nSPS) is 11.9. The average Bonchev–Trinajstić information content (AvgIpc) is 2.37. The molecule has 0 unspecified atom stereocenters. The zero-order valence-corrected chi connectivity index (χ0v) is 11.2. The fourth-order valence-electron chi connectivity index (χ4n) is 1.70. The quantitative estimate of drug-likeness (QED) is 0.610. The summed E-state index contributed by atoms with van der Waals surface area (Å²) in [6.45, 7) is 3.69. The van der Waals surface area contributed by atoms with Crippen LogP contribution in [0.3, 0.4) is 0 Å². The van der Waals surface area contributed by atoms with Gasteiger partial charge in [-0.25, -0.2) is 4.79 Å². The first kappa shape index (κ1) is 15.6. The molecule has 2 N–H and O–H groups in total. The largest absolute Gasteiger partial charge is 0.480 e. The van der Waals surface area contributed by atoms with Gasteiger partial charge in [0, 0.05) is 17.7 Å². The number of carbonyl (C=O) groups is 2. The van der Waals surface area contributed by atoms with E-state index in [9.17, 15) is 19.7 Å². The predicted molar refractivity (Wildman–Crippen MR) is 71.4 cm³/mol. The fraction of sp³-hybridized carbons (Fsp3) is 0.385. The smallest absolute Gasteiger partial charge is 0.326 e. The zero-order valence-electron chi connectivity index (χ0n) is 11.2. The maximum atomic E-state index is 11.9. The summed E-state index contributed by atoms with van der Waals surface area (Å²) in [7, 11) is 0. The van der Waals surface area contributed by atoms with E-state index < -0.39 is 22.8 Å². The Morgan fingerprint density at radius 1 is 1.40 bits per heavy atom. The third-order valence-corrected chi connectivity index (χ3v) is 2.63. The van der Waals surface area contributed by atoms with Crippen molar-refractivity contribution >= 4 is 17.6 Å². The molecule has 0 aliphatic carbocycles. The zero-order chi connectivity index (χ0) is 15.3.